The van der Waals surface area contributed by atoms with Gasteiger partial charge in [-0.15, -0.1) is 0 Å². The quantitative estimate of drug-likeness (QED) is 0.851. The van der Waals surface area contributed by atoms with E-state index in [2.05, 4.69) is 9.88 Å². The smallest absolute Gasteiger partial charge is 0.226 e. The number of aromatic nitrogens is 1. The van der Waals surface area contributed by atoms with Crippen molar-refractivity contribution < 1.29 is 14.3 Å². The Morgan fingerprint density at radius 3 is 2.79 bits per heavy atom. The Hall–Kier alpha value is -1.46. The number of nitrogens with zero attached hydrogens (tertiary/aromatic N) is 2. The van der Waals surface area contributed by atoms with E-state index in [1.54, 1.807) is 12.4 Å². The molecule has 0 aromatic carbocycles. The van der Waals surface area contributed by atoms with Crippen molar-refractivity contribution in [2.45, 2.75) is 63.4 Å². The number of pyridine rings is 1. The Labute approximate surface area is 143 Å². The van der Waals surface area contributed by atoms with Gasteiger partial charge in [-0.1, -0.05) is 12.8 Å². The lowest BCUT2D eigenvalue weighted by Crippen LogP contribution is -2.48. The van der Waals surface area contributed by atoms with E-state index in [0.29, 0.717) is 25.7 Å². The second-order valence-electron chi connectivity index (χ2n) is 7.20. The van der Waals surface area contributed by atoms with Crippen LogP contribution in [0.25, 0.3) is 0 Å². The molecule has 1 saturated heterocycles. The van der Waals surface area contributed by atoms with Crippen LogP contribution in [0.2, 0.25) is 0 Å². The molecule has 24 heavy (non-hydrogen) atoms. The maximum atomic E-state index is 13.0. The summed E-state index contributed by atoms with van der Waals surface area (Å²) in [5.41, 5.74) is 1.11. The third-order valence-electron chi connectivity index (χ3n) is 5.74. The molecule has 2 bridgehead atoms. The summed E-state index contributed by atoms with van der Waals surface area (Å²) in [5, 5.41) is 0. The lowest BCUT2D eigenvalue weighted by Gasteiger charge is -2.33. The van der Waals surface area contributed by atoms with Crippen LogP contribution in [0.4, 0.5) is 0 Å². The van der Waals surface area contributed by atoms with Crippen LogP contribution in [0.5, 0.6) is 0 Å². The minimum atomic E-state index is -0.00832. The zero-order chi connectivity index (χ0) is 16.4. The number of rotatable bonds is 4. The Morgan fingerprint density at radius 1 is 1.21 bits per heavy atom. The molecule has 1 aromatic rings. The van der Waals surface area contributed by atoms with E-state index < -0.39 is 0 Å². The minimum absolute atomic E-state index is 0.00832. The van der Waals surface area contributed by atoms with Gasteiger partial charge in [-0.3, -0.25) is 9.78 Å². The number of carbonyl (C=O) groups is 1. The molecule has 4 rings (SSSR count). The van der Waals surface area contributed by atoms with Crippen LogP contribution < -0.4 is 0 Å². The molecule has 3 aliphatic rings. The highest BCUT2D eigenvalue weighted by atomic mass is 16.5. The SMILES string of the molecule is O=C(C1CCCC1)N1CCO[C@H]2CC[C@H]1[C@H]2OCc1ccncc1. The fourth-order valence-corrected chi connectivity index (χ4v) is 4.46. The molecule has 1 amide bonds. The zero-order valence-electron chi connectivity index (χ0n) is 14.1. The summed E-state index contributed by atoms with van der Waals surface area (Å²) >= 11 is 0. The minimum Gasteiger partial charge on any atom is -0.374 e. The summed E-state index contributed by atoms with van der Waals surface area (Å²) in [6.07, 6.45) is 10.1. The molecule has 5 nitrogen and oxygen atoms in total. The van der Waals surface area contributed by atoms with Gasteiger partial charge in [-0.2, -0.15) is 0 Å². The molecular weight excluding hydrogens is 304 g/mol. The van der Waals surface area contributed by atoms with Gasteiger partial charge in [0.1, 0.15) is 6.10 Å². The molecular formula is C19H26N2O3. The number of hydrogen-bond donors (Lipinski definition) is 0. The van der Waals surface area contributed by atoms with E-state index in [9.17, 15) is 4.79 Å². The molecule has 0 unspecified atom stereocenters. The van der Waals surface area contributed by atoms with E-state index in [1.807, 2.05) is 12.1 Å². The second kappa shape index (κ2) is 7.19. The first-order valence-electron chi connectivity index (χ1n) is 9.25. The van der Waals surface area contributed by atoms with Gasteiger partial charge in [-0.05, 0) is 43.4 Å². The summed E-state index contributed by atoms with van der Waals surface area (Å²) in [6.45, 7) is 1.90. The van der Waals surface area contributed by atoms with Crippen molar-refractivity contribution in [3.8, 4) is 0 Å². The van der Waals surface area contributed by atoms with E-state index in [0.717, 1.165) is 31.2 Å². The van der Waals surface area contributed by atoms with E-state index in [-0.39, 0.29) is 24.2 Å². The van der Waals surface area contributed by atoms with Crippen molar-refractivity contribution in [1.29, 1.82) is 0 Å². The van der Waals surface area contributed by atoms with Crippen LogP contribution in [0.3, 0.4) is 0 Å². The van der Waals surface area contributed by atoms with E-state index >= 15 is 0 Å². The average molecular weight is 330 g/mol. The third kappa shape index (κ3) is 3.20. The molecule has 2 heterocycles. The molecule has 2 aliphatic carbocycles. The monoisotopic (exact) mass is 330 g/mol. The van der Waals surface area contributed by atoms with Crippen molar-refractivity contribution >= 4 is 5.91 Å². The first-order chi connectivity index (χ1) is 11.8. The molecule has 3 atom stereocenters. The summed E-state index contributed by atoms with van der Waals surface area (Å²) in [5.74, 6) is 0.559. The van der Waals surface area contributed by atoms with Gasteiger partial charge in [0, 0.05) is 24.9 Å². The highest BCUT2D eigenvalue weighted by Crippen LogP contribution is 2.35. The maximum Gasteiger partial charge on any atom is 0.226 e. The molecule has 5 heteroatoms. The average Bonchev–Trinajstić information content (AvgIpc) is 3.22. The van der Waals surface area contributed by atoms with Gasteiger partial charge in [0.25, 0.3) is 0 Å². The van der Waals surface area contributed by atoms with Gasteiger partial charge in [0.15, 0.2) is 0 Å². The Kier molecular flexibility index (Phi) is 4.81. The Bertz CT molecular complexity index is 559. The van der Waals surface area contributed by atoms with Crippen molar-refractivity contribution in [1.82, 2.24) is 9.88 Å². The molecule has 1 aliphatic heterocycles. The lowest BCUT2D eigenvalue weighted by molar-refractivity contribution is -0.140. The van der Waals surface area contributed by atoms with Crippen LogP contribution >= 0.6 is 0 Å². The molecule has 0 radical (unpaired) electrons. The molecule has 130 valence electrons. The summed E-state index contributed by atoms with van der Waals surface area (Å²) in [4.78, 5) is 19.1. The summed E-state index contributed by atoms with van der Waals surface area (Å²) in [6, 6.07) is 4.12. The van der Waals surface area contributed by atoms with Gasteiger partial charge in [0.05, 0.1) is 25.4 Å². The third-order valence-corrected chi connectivity index (χ3v) is 5.74. The van der Waals surface area contributed by atoms with Crippen LogP contribution in [-0.4, -0.2) is 47.2 Å². The van der Waals surface area contributed by atoms with Crippen LogP contribution in [0.1, 0.15) is 44.1 Å². The predicted molar refractivity (Wildman–Crippen MR) is 89.2 cm³/mol. The van der Waals surface area contributed by atoms with E-state index in [4.69, 9.17) is 9.47 Å². The molecule has 0 spiro atoms. The first kappa shape index (κ1) is 16.0. The van der Waals surface area contributed by atoms with Crippen molar-refractivity contribution in [2.75, 3.05) is 13.2 Å². The molecule has 1 aromatic heterocycles. The highest BCUT2D eigenvalue weighted by Gasteiger charge is 2.45. The van der Waals surface area contributed by atoms with Crippen LogP contribution in [0, 0.1) is 5.92 Å². The fourth-order valence-electron chi connectivity index (χ4n) is 4.46. The second-order valence-corrected chi connectivity index (χ2v) is 7.20. The highest BCUT2D eigenvalue weighted by molar-refractivity contribution is 5.79. The maximum absolute atomic E-state index is 13.0. The van der Waals surface area contributed by atoms with Crippen molar-refractivity contribution in [2.24, 2.45) is 5.92 Å². The summed E-state index contributed by atoms with van der Waals surface area (Å²) in [7, 11) is 0. The lowest BCUT2D eigenvalue weighted by atomic mass is 10.0. The van der Waals surface area contributed by atoms with E-state index in [1.165, 1.54) is 12.8 Å². The van der Waals surface area contributed by atoms with Crippen LogP contribution in [-0.2, 0) is 20.9 Å². The topological polar surface area (TPSA) is 51.7 Å². The van der Waals surface area contributed by atoms with Gasteiger partial charge < -0.3 is 14.4 Å². The number of hydrogen-bond acceptors (Lipinski definition) is 4. The zero-order valence-corrected chi connectivity index (χ0v) is 14.1. The Morgan fingerprint density at radius 2 is 2.00 bits per heavy atom. The van der Waals surface area contributed by atoms with Gasteiger partial charge in [-0.25, -0.2) is 0 Å². The van der Waals surface area contributed by atoms with Crippen LogP contribution in [0.15, 0.2) is 24.5 Å². The van der Waals surface area contributed by atoms with Gasteiger partial charge in [0.2, 0.25) is 5.91 Å². The molecule has 0 N–H and O–H groups in total. The number of amides is 1. The normalized spacial score (nSPS) is 30.5. The largest absolute Gasteiger partial charge is 0.374 e. The van der Waals surface area contributed by atoms with Gasteiger partial charge >= 0.3 is 0 Å². The number of carbonyl (C=O) groups excluding carboxylic acids is 1. The number of ether oxygens (including phenoxy) is 2. The molecule has 3 fully saturated rings. The fraction of sp³-hybridized carbons (Fsp3) is 0.684. The Balaban J connectivity index is 1.46. The van der Waals surface area contributed by atoms with Crippen molar-refractivity contribution in [3.63, 3.8) is 0 Å². The number of fused-ring (bicyclic) bond motifs is 2. The summed E-state index contributed by atoms with van der Waals surface area (Å²) < 4.78 is 12.2. The predicted octanol–water partition coefficient (Wildman–Crippen LogP) is 2.55. The first-order valence-corrected chi connectivity index (χ1v) is 9.25. The molecule has 2 saturated carbocycles. The standard InChI is InChI=1S/C19H26N2O3/c22-19(15-3-1-2-4-15)21-11-12-23-17-6-5-16(21)18(17)24-13-14-7-9-20-10-8-14/h7-10,15-18H,1-6,11-13H2/t16-,17-,18+/m0/s1. The van der Waals surface area contributed by atoms with Crippen molar-refractivity contribution in [3.05, 3.63) is 30.1 Å².